The predicted molar refractivity (Wildman–Crippen MR) is 62.5 cm³/mol. The van der Waals surface area contributed by atoms with Crippen molar-refractivity contribution in [2.45, 2.75) is 6.54 Å². The first kappa shape index (κ1) is 12.4. The van der Waals surface area contributed by atoms with E-state index in [4.69, 9.17) is 0 Å². The largest absolute Gasteiger partial charge is 0.346 e. The Balaban J connectivity index is 2.08. The lowest BCUT2D eigenvalue weighted by atomic mass is 10.2. The second-order valence-corrected chi connectivity index (χ2v) is 4.30. The molecule has 0 spiro atoms. The van der Waals surface area contributed by atoms with E-state index in [2.05, 4.69) is 10.3 Å². The standard InChI is InChI=1S/C11H8F2N2O2S/c12-8-3-1-2-7(9(8)13)10(16)14-4-6-5-18-11(17)15-6/h1-3,5H,4H2,(H,14,16)(H,15,17). The summed E-state index contributed by atoms with van der Waals surface area (Å²) in [6, 6.07) is 3.37. The molecule has 1 aromatic carbocycles. The van der Waals surface area contributed by atoms with E-state index in [-0.39, 0.29) is 17.0 Å². The number of carbonyl (C=O) groups excluding carboxylic acids is 1. The van der Waals surface area contributed by atoms with Crippen LogP contribution in [-0.2, 0) is 6.54 Å². The molecule has 2 rings (SSSR count). The monoisotopic (exact) mass is 270 g/mol. The van der Waals surface area contributed by atoms with Gasteiger partial charge in [-0.05, 0) is 12.1 Å². The second kappa shape index (κ2) is 5.09. The summed E-state index contributed by atoms with van der Waals surface area (Å²) < 4.78 is 26.2. The molecule has 1 heterocycles. The SMILES string of the molecule is O=C(NCc1csc(=O)[nH]1)c1cccc(F)c1F. The summed E-state index contributed by atoms with van der Waals surface area (Å²) in [7, 11) is 0. The summed E-state index contributed by atoms with van der Waals surface area (Å²) in [5, 5.41) is 3.93. The van der Waals surface area contributed by atoms with Crippen LogP contribution in [0.5, 0.6) is 0 Å². The summed E-state index contributed by atoms with van der Waals surface area (Å²) >= 11 is 0.961. The number of hydrogen-bond acceptors (Lipinski definition) is 3. The van der Waals surface area contributed by atoms with Gasteiger partial charge in [0, 0.05) is 11.1 Å². The minimum absolute atomic E-state index is 0.0491. The number of aromatic nitrogens is 1. The molecule has 94 valence electrons. The van der Waals surface area contributed by atoms with Gasteiger partial charge in [0.15, 0.2) is 11.6 Å². The smallest absolute Gasteiger partial charge is 0.304 e. The van der Waals surface area contributed by atoms with Crippen molar-refractivity contribution in [2.75, 3.05) is 0 Å². The van der Waals surface area contributed by atoms with Crippen molar-refractivity contribution in [3.8, 4) is 0 Å². The van der Waals surface area contributed by atoms with E-state index in [1.807, 2.05) is 0 Å². The third-order valence-electron chi connectivity index (χ3n) is 2.21. The van der Waals surface area contributed by atoms with E-state index in [1.165, 1.54) is 12.1 Å². The molecular formula is C11H8F2N2O2S. The Morgan fingerprint density at radius 2 is 2.17 bits per heavy atom. The average molecular weight is 270 g/mol. The minimum Gasteiger partial charge on any atom is -0.346 e. The van der Waals surface area contributed by atoms with Crippen molar-refractivity contribution in [2.24, 2.45) is 0 Å². The molecule has 18 heavy (non-hydrogen) atoms. The van der Waals surface area contributed by atoms with Gasteiger partial charge in [-0.25, -0.2) is 8.78 Å². The Kier molecular flexibility index (Phi) is 3.52. The van der Waals surface area contributed by atoms with Gasteiger partial charge < -0.3 is 10.3 Å². The number of amides is 1. The number of hydrogen-bond donors (Lipinski definition) is 2. The molecule has 0 unspecified atom stereocenters. The summed E-state index contributed by atoms with van der Waals surface area (Å²) in [4.78, 5) is 24.7. The van der Waals surface area contributed by atoms with Crippen LogP contribution in [-0.4, -0.2) is 10.9 Å². The van der Waals surface area contributed by atoms with Crippen LogP contribution >= 0.6 is 11.3 Å². The molecule has 7 heteroatoms. The normalized spacial score (nSPS) is 10.3. The van der Waals surface area contributed by atoms with Crippen LogP contribution in [0.3, 0.4) is 0 Å². The summed E-state index contributed by atoms with van der Waals surface area (Å²) in [5.74, 6) is -3.00. The number of H-pyrrole nitrogens is 1. The molecule has 0 fully saturated rings. The highest BCUT2D eigenvalue weighted by Crippen LogP contribution is 2.11. The summed E-state index contributed by atoms with van der Waals surface area (Å²) in [6.07, 6.45) is 0. The van der Waals surface area contributed by atoms with Gasteiger partial charge in [-0.3, -0.25) is 9.59 Å². The lowest BCUT2D eigenvalue weighted by Gasteiger charge is -2.05. The highest BCUT2D eigenvalue weighted by molar-refractivity contribution is 7.07. The van der Waals surface area contributed by atoms with Gasteiger partial charge in [0.1, 0.15) is 0 Å². The topological polar surface area (TPSA) is 62.0 Å². The number of halogens is 2. The second-order valence-electron chi connectivity index (χ2n) is 3.46. The molecule has 0 aliphatic rings. The number of benzene rings is 1. The van der Waals surface area contributed by atoms with Crippen LogP contribution in [0.1, 0.15) is 16.1 Å². The lowest BCUT2D eigenvalue weighted by molar-refractivity contribution is 0.0945. The molecule has 2 aromatic rings. The zero-order valence-corrected chi connectivity index (χ0v) is 9.81. The molecular weight excluding hydrogens is 262 g/mol. The first-order valence-corrected chi connectivity index (χ1v) is 5.85. The van der Waals surface area contributed by atoms with Crippen LogP contribution in [0.2, 0.25) is 0 Å². The van der Waals surface area contributed by atoms with Crippen molar-refractivity contribution in [3.63, 3.8) is 0 Å². The quantitative estimate of drug-likeness (QED) is 0.890. The Morgan fingerprint density at radius 1 is 1.39 bits per heavy atom. The Bertz CT molecular complexity index is 636. The molecule has 0 atom stereocenters. The Labute approximate surface area is 104 Å². The van der Waals surface area contributed by atoms with Crippen molar-refractivity contribution in [1.29, 1.82) is 0 Å². The highest BCUT2D eigenvalue weighted by atomic mass is 32.1. The third-order valence-corrected chi connectivity index (χ3v) is 2.92. The molecule has 0 radical (unpaired) electrons. The molecule has 0 bridgehead atoms. The fourth-order valence-electron chi connectivity index (χ4n) is 1.35. The van der Waals surface area contributed by atoms with Crippen molar-refractivity contribution < 1.29 is 13.6 Å². The van der Waals surface area contributed by atoms with Crippen molar-refractivity contribution in [3.05, 3.63) is 56.1 Å². The first-order valence-electron chi connectivity index (χ1n) is 4.97. The molecule has 4 nitrogen and oxygen atoms in total. The van der Waals surface area contributed by atoms with Crippen molar-refractivity contribution in [1.82, 2.24) is 10.3 Å². The molecule has 1 amide bonds. The van der Waals surface area contributed by atoms with Crippen molar-refractivity contribution >= 4 is 17.2 Å². The zero-order chi connectivity index (χ0) is 13.1. The molecule has 0 aliphatic heterocycles. The molecule has 0 saturated heterocycles. The van der Waals surface area contributed by atoms with Gasteiger partial charge in [-0.15, -0.1) is 0 Å². The van der Waals surface area contributed by atoms with E-state index < -0.39 is 17.5 Å². The van der Waals surface area contributed by atoms with Gasteiger partial charge in [0.25, 0.3) is 5.91 Å². The first-order chi connectivity index (χ1) is 8.58. The molecule has 0 aliphatic carbocycles. The number of nitrogens with one attached hydrogen (secondary N) is 2. The fraction of sp³-hybridized carbons (Fsp3) is 0.0909. The molecule has 2 N–H and O–H groups in total. The maximum absolute atomic E-state index is 13.3. The zero-order valence-electron chi connectivity index (χ0n) is 9.00. The van der Waals surface area contributed by atoms with Gasteiger partial charge in [0.2, 0.25) is 0 Å². The average Bonchev–Trinajstić information content (AvgIpc) is 2.76. The maximum atomic E-state index is 13.3. The van der Waals surface area contributed by atoms with Crippen LogP contribution in [0.25, 0.3) is 0 Å². The minimum atomic E-state index is -1.19. The van der Waals surface area contributed by atoms with E-state index >= 15 is 0 Å². The fourth-order valence-corrected chi connectivity index (χ4v) is 1.93. The van der Waals surface area contributed by atoms with E-state index in [9.17, 15) is 18.4 Å². The number of thiazole rings is 1. The summed E-state index contributed by atoms with van der Waals surface area (Å²) in [5.41, 5.74) is 0.141. The number of carbonyl (C=O) groups is 1. The van der Waals surface area contributed by atoms with Crippen LogP contribution in [0.4, 0.5) is 8.78 Å². The van der Waals surface area contributed by atoms with E-state index in [1.54, 1.807) is 5.38 Å². The van der Waals surface area contributed by atoms with E-state index in [0.29, 0.717) is 5.69 Å². The Hall–Kier alpha value is -2.02. The molecule has 0 saturated carbocycles. The van der Waals surface area contributed by atoms with Crippen LogP contribution in [0, 0.1) is 11.6 Å². The van der Waals surface area contributed by atoms with Gasteiger partial charge in [0.05, 0.1) is 12.1 Å². The highest BCUT2D eigenvalue weighted by Gasteiger charge is 2.14. The van der Waals surface area contributed by atoms with Crippen LogP contribution < -0.4 is 10.2 Å². The van der Waals surface area contributed by atoms with Crippen LogP contribution in [0.15, 0.2) is 28.4 Å². The van der Waals surface area contributed by atoms with Gasteiger partial charge in [-0.1, -0.05) is 17.4 Å². The molecule has 1 aromatic heterocycles. The third kappa shape index (κ3) is 2.62. The Morgan fingerprint density at radius 3 is 2.83 bits per heavy atom. The van der Waals surface area contributed by atoms with E-state index in [0.717, 1.165) is 17.4 Å². The van der Waals surface area contributed by atoms with Gasteiger partial charge in [-0.2, -0.15) is 0 Å². The predicted octanol–water partition coefficient (Wildman–Crippen LogP) is 1.64. The number of aromatic amines is 1. The number of rotatable bonds is 3. The summed E-state index contributed by atoms with van der Waals surface area (Å²) in [6.45, 7) is 0.0491. The lowest BCUT2D eigenvalue weighted by Crippen LogP contribution is -2.24. The maximum Gasteiger partial charge on any atom is 0.304 e. The van der Waals surface area contributed by atoms with Gasteiger partial charge >= 0.3 is 4.87 Å².